The Morgan fingerprint density at radius 3 is 2.09 bits per heavy atom. The van der Waals surface area contributed by atoms with Crippen molar-refractivity contribution in [2.75, 3.05) is 17.8 Å². The van der Waals surface area contributed by atoms with E-state index in [1.165, 1.54) is 12.1 Å². The average Bonchev–Trinajstić information content (AvgIpc) is 2.79. The van der Waals surface area contributed by atoms with Crippen molar-refractivity contribution in [2.45, 2.75) is 44.6 Å². The Balaban J connectivity index is 1.56. The van der Waals surface area contributed by atoms with Gasteiger partial charge < -0.3 is 10.2 Å². The molecule has 0 spiro atoms. The summed E-state index contributed by atoms with van der Waals surface area (Å²) in [5, 5.41) is 3.06. The fourth-order valence-corrected chi connectivity index (χ4v) is 4.61. The van der Waals surface area contributed by atoms with Crippen molar-refractivity contribution in [3.63, 3.8) is 0 Å². The van der Waals surface area contributed by atoms with Gasteiger partial charge in [-0.05, 0) is 62.1 Å². The van der Waals surface area contributed by atoms with E-state index in [1.54, 1.807) is 47.4 Å². The van der Waals surface area contributed by atoms with E-state index in [0.29, 0.717) is 43.1 Å². The van der Waals surface area contributed by atoms with Crippen molar-refractivity contribution < 1.29 is 18.0 Å². The summed E-state index contributed by atoms with van der Waals surface area (Å²) in [5.74, 6) is 0.251. The van der Waals surface area contributed by atoms with E-state index in [9.17, 15) is 18.0 Å². The van der Waals surface area contributed by atoms with Crippen LogP contribution in [0.15, 0.2) is 59.5 Å². The van der Waals surface area contributed by atoms with Crippen LogP contribution in [0, 0.1) is 11.8 Å². The third-order valence-electron chi connectivity index (χ3n) is 5.96. The fourth-order valence-electron chi connectivity index (χ4n) is 3.53. The molecule has 0 radical (unpaired) electrons. The summed E-state index contributed by atoms with van der Waals surface area (Å²) in [6.45, 7) is 7.20. The molecule has 0 aliphatic carbocycles. The molecule has 2 aromatic rings. The number of carbonyl (C=O) groups excluding carboxylic acids is 2. The molecule has 7 nitrogen and oxygen atoms in total. The number of piperidine rings is 1. The monoisotopic (exact) mass is 457 g/mol. The van der Waals surface area contributed by atoms with Gasteiger partial charge in [-0.1, -0.05) is 32.0 Å². The Morgan fingerprint density at radius 2 is 1.53 bits per heavy atom. The Kier molecular flexibility index (Phi) is 7.56. The molecule has 2 N–H and O–H groups in total. The molecule has 2 amide bonds. The van der Waals surface area contributed by atoms with Gasteiger partial charge in [-0.2, -0.15) is 0 Å². The molecular weight excluding hydrogens is 426 g/mol. The summed E-state index contributed by atoms with van der Waals surface area (Å²) in [4.78, 5) is 27.2. The molecule has 1 aliphatic rings. The number of carbonyl (C=O) groups is 2. The Hall–Kier alpha value is -2.87. The minimum atomic E-state index is -3.68. The second-order valence-electron chi connectivity index (χ2n) is 8.60. The van der Waals surface area contributed by atoms with E-state index in [-0.39, 0.29) is 28.7 Å². The second-order valence-corrected chi connectivity index (χ2v) is 10.3. The molecule has 0 bridgehead atoms. The van der Waals surface area contributed by atoms with Crippen LogP contribution < -0.4 is 10.0 Å². The van der Waals surface area contributed by atoms with Crippen LogP contribution in [0.4, 0.5) is 5.69 Å². The van der Waals surface area contributed by atoms with Crippen LogP contribution in [0.1, 0.15) is 44.0 Å². The average molecular weight is 458 g/mol. The minimum absolute atomic E-state index is 0.0633. The van der Waals surface area contributed by atoms with Gasteiger partial charge in [0, 0.05) is 36.3 Å². The topological polar surface area (TPSA) is 95.6 Å². The SMILES string of the molecule is CC(C)C(C)NC(=O)C1CCN(C(=O)c2ccc(NS(=O)(=O)c3ccccc3)cc2)CC1. The van der Waals surface area contributed by atoms with Crippen LogP contribution in [0.5, 0.6) is 0 Å². The van der Waals surface area contributed by atoms with Crippen molar-refractivity contribution in [1.29, 1.82) is 0 Å². The maximum absolute atomic E-state index is 12.8. The van der Waals surface area contributed by atoms with Gasteiger partial charge in [0.1, 0.15) is 0 Å². The second kappa shape index (κ2) is 10.2. The smallest absolute Gasteiger partial charge is 0.261 e. The lowest BCUT2D eigenvalue weighted by molar-refractivity contribution is -0.127. The van der Waals surface area contributed by atoms with Gasteiger partial charge in [-0.25, -0.2) is 8.42 Å². The van der Waals surface area contributed by atoms with E-state index < -0.39 is 10.0 Å². The van der Waals surface area contributed by atoms with Crippen LogP contribution in [-0.4, -0.2) is 44.3 Å². The number of sulfonamides is 1. The van der Waals surface area contributed by atoms with Gasteiger partial charge in [-0.3, -0.25) is 14.3 Å². The number of amides is 2. The van der Waals surface area contributed by atoms with Gasteiger partial charge in [0.2, 0.25) is 5.91 Å². The lowest BCUT2D eigenvalue weighted by Crippen LogP contribution is -2.45. The van der Waals surface area contributed by atoms with Crippen molar-refractivity contribution >= 4 is 27.5 Å². The summed E-state index contributed by atoms with van der Waals surface area (Å²) in [5.41, 5.74) is 0.879. The van der Waals surface area contributed by atoms with Crippen LogP contribution in [0.2, 0.25) is 0 Å². The van der Waals surface area contributed by atoms with Crippen LogP contribution in [0.25, 0.3) is 0 Å². The number of hydrogen-bond donors (Lipinski definition) is 2. The van der Waals surface area contributed by atoms with Gasteiger partial charge in [0.05, 0.1) is 4.90 Å². The number of nitrogens with zero attached hydrogens (tertiary/aromatic N) is 1. The largest absolute Gasteiger partial charge is 0.353 e. The molecule has 0 saturated carbocycles. The van der Waals surface area contributed by atoms with E-state index in [2.05, 4.69) is 23.9 Å². The predicted molar refractivity (Wildman–Crippen MR) is 125 cm³/mol. The van der Waals surface area contributed by atoms with Gasteiger partial charge in [-0.15, -0.1) is 0 Å². The lowest BCUT2D eigenvalue weighted by Gasteiger charge is -2.32. The van der Waals surface area contributed by atoms with Gasteiger partial charge in [0.15, 0.2) is 0 Å². The van der Waals surface area contributed by atoms with E-state index in [1.807, 2.05) is 6.92 Å². The zero-order valence-electron chi connectivity index (χ0n) is 18.7. The Bertz CT molecular complexity index is 1030. The maximum atomic E-state index is 12.8. The Morgan fingerprint density at radius 1 is 0.938 bits per heavy atom. The van der Waals surface area contributed by atoms with E-state index >= 15 is 0 Å². The molecule has 3 rings (SSSR count). The zero-order valence-corrected chi connectivity index (χ0v) is 19.6. The van der Waals surface area contributed by atoms with Crippen molar-refractivity contribution in [2.24, 2.45) is 11.8 Å². The summed E-state index contributed by atoms with van der Waals surface area (Å²) in [6.07, 6.45) is 1.27. The number of nitrogens with one attached hydrogen (secondary N) is 2. The Labute approximate surface area is 190 Å². The first-order chi connectivity index (χ1) is 15.2. The number of likely N-dealkylation sites (tertiary alicyclic amines) is 1. The molecule has 1 saturated heterocycles. The minimum Gasteiger partial charge on any atom is -0.353 e. The number of benzene rings is 2. The molecule has 1 unspecified atom stereocenters. The third-order valence-corrected chi connectivity index (χ3v) is 7.36. The predicted octanol–water partition coefficient (Wildman–Crippen LogP) is 3.50. The lowest BCUT2D eigenvalue weighted by atomic mass is 9.94. The first kappa shape index (κ1) is 23.8. The van der Waals surface area contributed by atoms with Crippen LogP contribution >= 0.6 is 0 Å². The molecule has 2 aromatic carbocycles. The molecule has 0 aromatic heterocycles. The molecule has 1 atom stereocenters. The highest BCUT2D eigenvalue weighted by Crippen LogP contribution is 2.21. The molecule has 1 aliphatic heterocycles. The summed E-state index contributed by atoms with van der Waals surface area (Å²) < 4.78 is 27.4. The first-order valence-corrected chi connectivity index (χ1v) is 12.4. The van der Waals surface area contributed by atoms with Crippen molar-refractivity contribution in [3.8, 4) is 0 Å². The number of anilines is 1. The summed E-state index contributed by atoms with van der Waals surface area (Å²) in [7, 11) is -3.68. The molecule has 8 heteroatoms. The quantitative estimate of drug-likeness (QED) is 0.665. The van der Waals surface area contributed by atoms with Crippen molar-refractivity contribution in [3.05, 3.63) is 60.2 Å². The van der Waals surface area contributed by atoms with Gasteiger partial charge in [0.25, 0.3) is 15.9 Å². The highest BCUT2D eigenvalue weighted by molar-refractivity contribution is 7.92. The van der Waals surface area contributed by atoms with E-state index in [0.717, 1.165) is 0 Å². The normalized spacial score (nSPS) is 15.9. The number of hydrogen-bond acceptors (Lipinski definition) is 4. The maximum Gasteiger partial charge on any atom is 0.261 e. The molecular formula is C24H31N3O4S. The van der Waals surface area contributed by atoms with Crippen LogP contribution in [-0.2, 0) is 14.8 Å². The van der Waals surface area contributed by atoms with Crippen LogP contribution in [0.3, 0.4) is 0 Å². The number of rotatable bonds is 7. The molecule has 172 valence electrons. The molecule has 1 fully saturated rings. The van der Waals surface area contributed by atoms with Crippen molar-refractivity contribution in [1.82, 2.24) is 10.2 Å². The zero-order chi connectivity index (χ0) is 23.3. The standard InChI is InChI=1S/C24H31N3O4S/c1-17(2)18(3)25-23(28)19-13-15-27(16-14-19)24(29)20-9-11-21(12-10-20)26-32(30,31)22-7-5-4-6-8-22/h4-12,17-19,26H,13-16H2,1-3H3,(H,25,28). The molecule has 1 heterocycles. The highest BCUT2D eigenvalue weighted by Gasteiger charge is 2.28. The summed E-state index contributed by atoms with van der Waals surface area (Å²) in [6, 6.07) is 14.6. The summed E-state index contributed by atoms with van der Waals surface area (Å²) >= 11 is 0. The van der Waals surface area contributed by atoms with Gasteiger partial charge >= 0.3 is 0 Å². The van der Waals surface area contributed by atoms with E-state index in [4.69, 9.17) is 0 Å². The molecule has 32 heavy (non-hydrogen) atoms. The first-order valence-electron chi connectivity index (χ1n) is 10.9. The fraction of sp³-hybridized carbons (Fsp3) is 0.417. The third kappa shape index (κ3) is 5.88. The highest BCUT2D eigenvalue weighted by atomic mass is 32.2.